The molecule has 5 nitrogen and oxygen atoms in total. The number of nitrogens with one attached hydrogen (secondary N) is 1. The van der Waals surface area contributed by atoms with E-state index in [0.717, 1.165) is 11.3 Å². The minimum absolute atomic E-state index is 0.0159. The fourth-order valence-electron chi connectivity index (χ4n) is 2.62. The number of benzene rings is 2. The van der Waals surface area contributed by atoms with Crippen LogP contribution in [0.2, 0.25) is 0 Å². The Hall–Kier alpha value is -2.12. The van der Waals surface area contributed by atoms with Gasteiger partial charge in [-0.25, -0.2) is 4.39 Å². The first kappa shape index (κ1) is 19.2. The zero-order chi connectivity index (χ0) is 18.6. The lowest BCUT2D eigenvalue weighted by molar-refractivity contribution is 0.0997. The van der Waals surface area contributed by atoms with Gasteiger partial charge < -0.3 is 20.7 Å². The number of rotatable bonds is 7. The quantitative estimate of drug-likeness (QED) is 0.734. The Morgan fingerprint density at radius 3 is 2.68 bits per heavy atom. The molecule has 1 amide bonds. The molecule has 0 fully saturated rings. The summed E-state index contributed by atoms with van der Waals surface area (Å²) in [7, 11) is 5.51. The van der Waals surface area contributed by atoms with Crippen molar-refractivity contribution in [2.75, 3.05) is 33.1 Å². The zero-order valence-electron chi connectivity index (χ0n) is 14.3. The molecule has 1 unspecified atom stereocenters. The maximum absolute atomic E-state index is 14.1. The highest BCUT2D eigenvalue weighted by Gasteiger charge is 2.19. The van der Waals surface area contributed by atoms with Crippen molar-refractivity contribution in [1.29, 1.82) is 0 Å². The third kappa shape index (κ3) is 4.70. The number of ether oxygens (including phenoxy) is 1. The van der Waals surface area contributed by atoms with Crippen LogP contribution in [0, 0.1) is 5.82 Å². The van der Waals surface area contributed by atoms with Gasteiger partial charge in [-0.15, -0.1) is 0 Å². The van der Waals surface area contributed by atoms with Crippen molar-refractivity contribution in [3.8, 4) is 5.75 Å². The average molecular weight is 410 g/mol. The second-order valence-corrected chi connectivity index (χ2v) is 6.73. The lowest BCUT2D eigenvalue weighted by Gasteiger charge is -2.26. The lowest BCUT2D eigenvalue weighted by Crippen LogP contribution is -2.28. The summed E-state index contributed by atoms with van der Waals surface area (Å²) in [6.07, 6.45) is 0. The third-order valence-electron chi connectivity index (χ3n) is 3.89. The van der Waals surface area contributed by atoms with Crippen LogP contribution in [0.5, 0.6) is 5.75 Å². The smallest absolute Gasteiger partial charge is 0.253 e. The normalized spacial score (nSPS) is 12.1. The molecule has 134 valence electrons. The molecule has 3 N–H and O–H groups in total. The highest BCUT2D eigenvalue weighted by molar-refractivity contribution is 9.10. The number of amides is 1. The summed E-state index contributed by atoms with van der Waals surface area (Å²) in [4.78, 5) is 13.6. The van der Waals surface area contributed by atoms with Crippen LogP contribution in [0.3, 0.4) is 0 Å². The lowest BCUT2D eigenvalue weighted by atomic mass is 10.0. The van der Waals surface area contributed by atoms with Crippen LogP contribution < -0.4 is 15.8 Å². The van der Waals surface area contributed by atoms with Gasteiger partial charge in [-0.2, -0.15) is 0 Å². The molecule has 0 saturated heterocycles. The van der Waals surface area contributed by atoms with E-state index in [0.29, 0.717) is 16.7 Å². The van der Waals surface area contributed by atoms with Crippen molar-refractivity contribution in [2.24, 2.45) is 5.73 Å². The molecule has 0 heterocycles. The monoisotopic (exact) mass is 409 g/mol. The first-order valence-electron chi connectivity index (χ1n) is 7.66. The van der Waals surface area contributed by atoms with Crippen molar-refractivity contribution in [3.63, 3.8) is 0 Å². The topological polar surface area (TPSA) is 67.6 Å². The van der Waals surface area contributed by atoms with Gasteiger partial charge in [-0.05, 0) is 43.9 Å². The number of nitrogens with zero attached hydrogens (tertiary/aromatic N) is 1. The molecule has 1 atom stereocenters. The maximum atomic E-state index is 14.1. The fraction of sp³-hybridized carbons (Fsp3) is 0.278. The summed E-state index contributed by atoms with van der Waals surface area (Å²) in [5.74, 6) is -0.710. The molecule has 0 bridgehead atoms. The number of primary amides is 1. The summed E-state index contributed by atoms with van der Waals surface area (Å²) in [5, 5.41) is 3.14. The number of hydrogen-bond donors (Lipinski definition) is 2. The van der Waals surface area contributed by atoms with E-state index in [-0.39, 0.29) is 11.6 Å². The average Bonchev–Trinajstić information content (AvgIpc) is 2.53. The van der Waals surface area contributed by atoms with Gasteiger partial charge in [0.2, 0.25) is 0 Å². The number of anilines is 1. The van der Waals surface area contributed by atoms with Crippen molar-refractivity contribution >= 4 is 27.5 Å². The predicted molar refractivity (Wildman–Crippen MR) is 101 cm³/mol. The molecule has 0 aliphatic rings. The van der Waals surface area contributed by atoms with Crippen LogP contribution in [0.1, 0.15) is 22.0 Å². The van der Waals surface area contributed by atoms with Crippen LogP contribution in [-0.4, -0.2) is 38.6 Å². The van der Waals surface area contributed by atoms with E-state index in [2.05, 4.69) is 21.2 Å². The van der Waals surface area contributed by atoms with Gasteiger partial charge >= 0.3 is 0 Å². The second kappa shape index (κ2) is 8.31. The standard InChI is InChI=1S/C18H21BrFN3O2/c1-23(2)16(11-5-4-6-13(7-11)25-3)10-22-15-9-12(19)8-14(20)17(15)18(21)24/h4-9,16,22H,10H2,1-3H3,(H2,21,24). The predicted octanol–water partition coefficient (Wildman–Crippen LogP) is 3.41. The molecule has 2 rings (SSSR count). The fourth-order valence-corrected chi connectivity index (χ4v) is 3.05. The summed E-state index contributed by atoms with van der Waals surface area (Å²) in [6, 6.07) is 10.6. The Bertz CT molecular complexity index is 768. The number of halogens is 2. The Balaban J connectivity index is 2.29. The Morgan fingerprint density at radius 1 is 1.36 bits per heavy atom. The van der Waals surface area contributed by atoms with Crippen molar-refractivity contribution < 1.29 is 13.9 Å². The van der Waals surface area contributed by atoms with Crippen LogP contribution in [0.25, 0.3) is 0 Å². The van der Waals surface area contributed by atoms with E-state index in [1.54, 1.807) is 13.2 Å². The number of hydrogen-bond acceptors (Lipinski definition) is 4. The van der Waals surface area contributed by atoms with Crippen molar-refractivity contribution in [1.82, 2.24) is 4.90 Å². The van der Waals surface area contributed by atoms with Gasteiger partial charge in [0.15, 0.2) is 0 Å². The Kier molecular flexibility index (Phi) is 6.39. The molecule has 0 aliphatic heterocycles. The maximum Gasteiger partial charge on any atom is 0.253 e. The van der Waals surface area contributed by atoms with Gasteiger partial charge in [0.05, 0.1) is 24.4 Å². The zero-order valence-corrected chi connectivity index (χ0v) is 15.9. The van der Waals surface area contributed by atoms with E-state index in [4.69, 9.17) is 10.5 Å². The molecule has 2 aromatic carbocycles. The molecule has 0 radical (unpaired) electrons. The van der Waals surface area contributed by atoms with Crippen LogP contribution in [-0.2, 0) is 0 Å². The molecule has 0 saturated carbocycles. The summed E-state index contributed by atoms with van der Waals surface area (Å²) in [5.41, 5.74) is 6.56. The minimum Gasteiger partial charge on any atom is -0.497 e. The number of nitrogens with two attached hydrogens (primary N) is 1. The molecule has 2 aromatic rings. The number of carbonyl (C=O) groups is 1. The molecule has 7 heteroatoms. The number of carbonyl (C=O) groups excluding carboxylic acids is 1. The van der Waals surface area contributed by atoms with Gasteiger partial charge in [0.25, 0.3) is 5.91 Å². The summed E-state index contributed by atoms with van der Waals surface area (Å²) >= 11 is 3.24. The SMILES string of the molecule is COc1cccc(C(CNc2cc(Br)cc(F)c2C(N)=O)N(C)C)c1. The van der Waals surface area contributed by atoms with Crippen LogP contribution in [0.4, 0.5) is 10.1 Å². The van der Waals surface area contributed by atoms with Gasteiger partial charge in [-0.3, -0.25) is 4.79 Å². The van der Waals surface area contributed by atoms with E-state index in [9.17, 15) is 9.18 Å². The molecular weight excluding hydrogens is 389 g/mol. The largest absolute Gasteiger partial charge is 0.497 e. The summed E-state index contributed by atoms with van der Waals surface area (Å²) < 4.78 is 19.9. The third-order valence-corrected chi connectivity index (χ3v) is 4.35. The second-order valence-electron chi connectivity index (χ2n) is 5.81. The number of methoxy groups -OCH3 is 1. The molecular formula is C18H21BrFN3O2. The van der Waals surface area contributed by atoms with Gasteiger partial charge in [0.1, 0.15) is 11.6 Å². The highest BCUT2D eigenvalue weighted by atomic mass is 79.9. The minimum atomic E-state index is -0.810. The summed E-state index contributed by atoms with van der Waals surface area (Å²) in [6.45, 7) is 0.455. The first-order valence-corrected chi connectivity index (χ1v) is 8.46. The van der Waals surface area contributed by atoms with E-state index in [1.165, 1.54) is 6.07 Å². The van der Waals surface area contributed by atoms with Gasteiger partial charge in [-0.1, -0.05) is 28.1 Å². The molecule has 0 aliphatic carbocycles. The van der Waals surface area contributed by atoms with E-state index in [1.807, 2.05) is 43.3 Å². The van der Waals surface area contributed by atoms with Crippen LogP contribution >= 0.6 is 15.9 Å². The van der Waals surface area contributed by atoms with E-state index >= 15 is 0 Å². The Morgan fingerprint density at radius 2 is 2.08 bits per heavy atom. The molecule has 0 aromatic heterocycles. The van der Waals surface area contributed by atoms with Crippen molar-refractivity contribution in [3.05, 3.63) is 57.8 Å². The van der Waals surface area contributed by atoms with E-state index < -0.39 is 11.7 Å². The highest BCUT2D eigenvalue weighted by Crippen LogP contribution is 2.27. The first-order chi connectivity index (χ1) is 11.8. The number of likely N-dealkylation sites (N-methyl/N-ethyl adjacent to an activating group) is 1. The molecule has 0 spiro atoms. The Labute approximate surface area is 155 Å². The van der Waals surface area contributed by atoms with Crippen molar-refractivity contribution in [2.45, 2.75) is 6.04 Å². The van der Waals surface area contributed by atoms with Gasteiger partial charge in [0, 0.05) is 11.0 Å². The van der Waals surface area contributed by atoms with Crippen LogP contribution in [0.15, 0.2) is 40.9 Å². The molecule has 25 heavy (non-hydrogen) atoms.